The minimum atomic E-state index is -0.794. The Hall–Kier alpha value is -1.84. The zero-order chi connectivity index (χ0) is 21.2. The molecular formula is C19H22ClFN4O2S2. The van der Waals surface area contributed by atoms with Crippen molar-refractivity contribution in [3.63, 3.8) is 0 Å². The van der Waals surface area contributed by atoms with Crippen molar-refractivity contribution in [2.24, 2.45) is 0 Å². The molecule has 2 N–H and O–H groups in total. The molecule has 156 valence electrons. The minimum Gasteiger partial charge on any atom is -0.339 e. The molecule has 0 fully saturated rings. The van der Waals surface area contributed by atoms with Crippen LogP contribution < -0.4 is 10.6 Å². The van der Waals surface area contributed by atoms with Gasteiger partial charge in [-0.2, -0.15) is 11.8 Å². The zero-order valence-electron chi connectivity index (χ0n) is 16.1. The molecule has 0 saturated carbocycles. The molecule has 29 heavy (non-hydrogen) atoms. The van der Waals surface area contributed by atoms with Gasteiger partial charge in [-0.05, 0) is 49.1 Å². The highest BCUT2D eigenvalue weighted by atomic mass is 35.5. The molecule has 0 aliphatic carbocycles. The third-order valence-electron chi connectivity index (χ3n) is 3.72. The molecule has 2 rings (SSSR count). The molecule has 0 unspecified atom stereocenters. The second-order valence-electron chi connectivity index (χ2n) is 6.00. The molecule has 10 heteroatoms. The molecule has 0 aliphatic heterocycles. The summed E-state index contributed by atoms with van der Waals surface area (Å²) in [6, 6.07) is 4.62. The average molecular weight is 457 g/mol. The van der Waals surface area contributed by atoms with Crippen LogP contribution in [0.15, 0.2) is 35.6 Å². The van der Waals surface area contributed by atoms with E-state index in [-0.39, 0.29) is 10.7 Å². The quantitative estimate of drug-likeness (QED) is 0.410. The van der Waals surface area contributed by atoms with Crippen molar-refractivity contribution in [1.29, 1.82) is 0 Å². The number of halogens is 2. The number of hydrogen-bond donors (Lipinski definition) is 2. The van der Waals surface area contributed by atoms with Crippen molar-refractivity contribution in [2.75, 3.05) is 23.1 Å². The van der Waals surface area contributed by atoms with E-state index in [4.69, 9.17) is 11.6 Å². The largest absolute Gasteiger partial charge is 0.339 e. The second-order valence-corrected chi connectivity index (χ2v) is 8.46. The summed E-state index contributed by atoms with van der Waals surface area (Å²) in [4.78, 5) is 33.7. The van der Waals surface area contributed by atoms with Gasteiger partial charge >= 0.3 is 0 Å². The van der Waals surface area contributed by atoms with Crippen LogP contribution in [0.2, 0.25) is 5.02 Å². The lowest BCUT2D eigenvalue weighted by Crippen LogP contribution is -2.44. The van der Waals surface area contributed by atoms with E-state index in [2.05, 4.69) is 20.6 Å². The maximum absolute atomic E-state index is 13.1. The number of nitrogens with zero attached hydrogens (tertiary/aromatic N) is 2. The molecule has 0 saturated heterocycles. The predicted molar refractivity (Wildman–Crippen MR) is 117 cm³/mol. The van der Waals surface area contributed by atoms with Gasteiger partial charge in [-0.3, -0.25) is 9.59 Å². The monoisotopic (exact) mass is 456 g/mol. The summed E-state index contributed by atoms with van der Waals surface area (Å²) < 4.78 is 13.1. The van der Waals surface area contributed by atoms with Gasteiger partial charge in [-0.15, -0.1) is 0 Å². The fourth-order valence-electron chi connectivity index (χ4n) is 2.27. The predicted octanol–water partition coefficient (Wildman–Crippen LogP) is 4.26. The Kier molecular flexibility index (Phi) is 9.69. The summed E-state index contributed by atoms with van der Waals surface area (Å²) in [5.41, 5.74) is 0.474. The lowest BCUT2D eigenvalue weighted by molar-refractivity contribution is -0.118. The first-order valence-electron chi connectivity index (χ1n) is 8.96. The average Bonchev–Trinajstić information content (AvgIpc) is 2.71. The van der Waals surface area contributed by atoms with E-state index < -0.39 is 23.7 Å². The number of thioether (sulfide) groups is 2. The molecule has 0 aliphatic rings. The molecule has 1 heterocycles. The number of carbonyl (C=O) groups excluding carboxylic acids is 2. The van der Waals surface area contributed by atoms with Crippen molar-refractivity contribution < 1.29 is 14.0 Å². The van der Waals surface area contributed by atoms with Crippen LogP contribution in [-0.2, 0) is 4.79 Å². The first kappa shape index (κ1) is 23.4. The lowest BCUT2D eigenvalue weighted by atomic mass is 10.2. The number of rotatable bonds is 10. The Balaban J connectivity index is 2.13. The van der Waals surface area contributed by atoms with Gasteiger partial charge in [0.1, 0.15) is 11.9 Å². The maximum atomic E-state index is 13.1. The smallest absolute Gasteiger partial charge is 0.272 e. The van der Waals surface area contributed by atoms with Crippen LogP contribution in [0, 0.1) is 5.82 Å². The van der Waals surface area contributed by atoms with Gasteiger partial charge in [0.25, 0.3) is 5.91 Å². The van der Waals surface area contributed by atoms with Crippen molar-refractivity contribution in [2.45, 2.75) is 31.0 Å². The number of aromatic nitrogens is 2. The Morgan fingerprint density at radius 2 is 1.97 bits per heavy atom. The summed E-state index contributed by atoms with van der Waals surface area (Å²) >= 11 is 9.09. The van der Waals surface area contributed by atoms with Crippen molar-refractivity contribution >= 4 is 52.6 Å². The minimum absolute atomic E-state index is 0.0315. The first-order chi connectivity index (χ1) is 13.9. The van der Waals surface area contributed by atoms with Gasteiger partial charge in [-0.25, -0.2) is 14.4 Å². The van der Waals surface area contributed by atoms with E-state index in [1.54, 1.807) is 11.8 Å². The summed E-state index contributed by atoms with van der Waals surface area (Å²) in [6.45, 7) is 2.03. The SMILES string of the molecule is CCCSc1ncc(Cl)c(C(=O)N[C@H](CCSC)C(=O)Nc2ccc(F)cc2)n1. The second kappa shape index (κ2) is 12.0. The van der Waals surface area contributed by atoms with Crippen LogP contribution in [0.5, 0.6) is 0 Å². The standard InChI is InChI=1S/C19H22ClFN4O2S2/c1-3-9-29-19-22-11-14(20)16(25-19)18(27)24-15(8-10-28-2)17(26)23-13-6-4-12(21)5-7-13/h4-7,11,15H,3,8-10H2,1-2H3,(H,23,26)(H,24,27)/t15-/m1/s1. The third kappa shape index (κ3) is 7.49. The molecule has 1 aromatic heterocycles. The van der Waals surface area contributed by atoms with Crippen LogP contribution in [-0.4, -0.2) is 45.6 Å². The highest BCUT2D eigenvalue weighted by Gasteiger charge is 2.24. The van der Waals surface area contributed by atoms with E-state index in [0.717, 1.165) is 12.2 Å². The number of nitrogens with one attached hydrogen (secondary N) is 2. The van der Waals surface area contributed by atoms with Crippen molar-refractivity contribution in [3.8, 4) is 0 Å². The lowest BCUT2D eigenvalue weighted by Gasteiger charge is -2.18. The normalized spacial score (nSPS) is 11.7. The highest BCUT2D eigenvalue weighted by Crippen LogP contribution is 2.19. The molecule has 0 spiro atoms. The Bertz CT molecular complexity index is 839. The van der Waals surface area contributed by atoms with E-state index >= 15 is 0 Å². The first-order valence-corrected chi connectivity index (χ1v) is 11.7. The van der Waals surface area contributed by atoms with E-state index in [0.29, 0.717) is 23.0 Å². The van der Waals surface area contributed by atoms with E-state index in [1.807, 2.05) is 13.2 Å². The number of hydrogen-bond acceptors (Lipinski definition) is 6. The Morgan fingerprint density at radius 3 is 2.62 bits per heavy atom. The highest BCUT2D eigenvalue weighted by molar-refractivity contribution is 7.99. The molecule has 0 radical (unpaired) electrons. The molecule has 6 nitrogen and oxygen atoms in total. The Morgan fingerprint density at radius 1 is 1.24 bits per heavy atom. The summed E-state index contributed by atoms with van der Waals surface area (Å²) in [6.07, 6.45) is 4.66. The number of benzene rings is 1. The van der Waals surface area contributed by atoms with Crippen LogP contribution in [0.3, 0.4) is 0 Å². The molecular weight excluding hydrogens is 435 g/mol. The van der Waals surface area contributed by atoms with Crippen LogP contribution in [0.25, 0.3) is 0 Å². The maximum Gasteiger partial charge on any atom is 0.272 e. The Labute approximate surface area is 182 Å². The van der Waals surface area contributed by atoms with Gasteiger partial charge < -0.3 is 10.6 Å². The summed E-state index contributed by atoms with van der Waals surface area (Å²) in [5.74, 6) is 0.141. The van der Waals surface area contributed by atoms with Crippen LogP contribution >= 0.6 is 35.1 Å². The fraction of sp³-hybridized carbons (Fsp3) is 0.368. The van der Waals surface area contributed by atoms with Crippen molar-refractivity contribution in [1.82, 2.24) is 15.3 Å². The van der Waals surface area contributed by atoms with Crippen molar-refractivity contribution in [3.05, 3.63) is 47.0 Å². The molecule has 0 bridgehead atoms. The van der Waals surface area contributed by atoms with E-state index in [9.17, 15) is 14.0 Å². The molecule has 1 atom stereocenters. The zero-order valence-corrected chi connectivity index (χ0v) is 18.5. The van der Waals surface area contributed by atoms with Crippen LogP contribution in [0.4, 0.5) is 10.1 Å². The fourth-order valence-corrected chi connectivity index (χ4v) is 3.58. The molecule has 1 aromatic carbocycles. The summed E-state index contributed by atoms with van der Waals surface area (Å²) in [5, 5.41) is 5.96. The summed E-state index contributed by atoms with van der Waals surface area (Å²) in [7, 11) is 0. The number of carbonyl (C=O) groups is 2. The topological polar surface area (TPSA) is 84.0 Å². The van der Waals surface area contributed by atoms with Crippen LogP contribution in [0.1, 0.15) is 30.3 Å². The van der Waals surface area contributed by atoms with Gasteiger partial charge in [0.15, 0.2) is 10.9 Å². The third-order valence-corrected chi connectivity index (χ3v) is 5.70. The number of anilines is 1. The molecule has 2 aromatic rings. The van der Waals surface area contributed by atoms with Gasteiger partial charge in [-0.1, -0.05) is 30.3 Å². The van der Waals surface area contributed by atoms with Gasteiger partial charge in [0, 0.05) is 11.4 Å². The van der Waals surface area contributed by atoms with Gasteiger partial charge in [0.2, 0.25) is 5.91 Å². The molecule has 2 amide bonds. The van der Waals surface area contributed by atoms with E-state index in [1.165, 1.54) is 42.2 Å². The number of amides is 2. The van der Waals surface area contributed by atoms with Gasteiger partial charge in [0.05, 0.1) is 11.2 Å².